The zero-order valence-electron chi connectivity index (χ0n) is 17.4. The number of hydrogen-bond acceptors (Lipinski definition) is 5. The fourth-order valence-electron chi connectivity index (χ4n) is 4.11. The first-order valence-corrected chi connectivity index (χ1v) is 9.54. The first kappa shape index (κ1) is 20.3. The maximum absolute atomic E-state index is 11.8. The number of ether oxygens (including phenoxy) is 3. The molecule has 1 fully saturated rings. The third-order valence-corrected chi connectivity index (χ3v) is 5.90. The lowest BCUT2D eigenvalue weighted by molar-refractivity contribution is -0.0670. The molecule has 0 unspecified atom stereocenters. The molecule has 152 valence electrons. The second-order valence-corrected chi connectivity index (χ2v) is 7.96. The molecule has 1 aromatic carbocycles. The molecule has 1 aliphatic carbocycles. The summed E-state index contributed by atoms with van der Waals surface area (Å²) in [4.78, 5) is 4.13. The Morgan fingerprint density at radius 2 is 1.82 bits per heavy atom. The summed E-state index contributed by atoms with van der Waals surface area (Å²) in [6.07, 6.45) is 10.3. The first-order chi connectivity index (χ1) is 13.3. The van der Waals surface area contributed by atoms with E-state index in [9.17, 15) is 5.11 Å². The average molecular weight is 386 g/mol. The summed E-state index contributed by atoms with van der Waals surface area (Å²) < 4.78 is 18.3. The van der Waals surface area contributed by atoms with E-state index in [4.69, 9.17) is 14.2 Å². The van der Waals surface area contributed by atoms with Crippen molar-refractivity contribution in [1.82, 2.24) is 9.55 Å². The van der Waals surface area contributed by atoms with E-state index in [-0.39, 0.29) is 5.41 Å². The van der Waals surface area contributed by atoms with E-state index in [0.717, 1.165) is 30.4 Å². The van der Waals surface area contributed by atoms with Gasteiger partial charge in [-0.2, -0.15) is 0 Å². The van der Waals surface area contributed by atoms with Gasteiger partial charge in [0.1, 0.15) is 5.60 Å². The summed E-state index contributed by atoms with van der Waals surface area (Å²) in [7, 11) is 4.80. The second-order valence-electron chi connectivity index (χ2n) is 7.96. The van der Waals surface area contributed by atoms with E-state index in [1.54, 1.807) is 33.9 Å². The molecular weight excluding hydrogens is 356 g/mol. The molecular formula is C22H30N2O4. The van der Waals surface area contributed by atoms with Gasteiger partial charge in [0.2, 0.25) is 5.75 Å². The van der Waals surface area contributed by atoms with E-state index in [0.29, 0.717) is 23.8 Å². The van der Waals surface area contributed by atoms with E-state index in [2.05, 4.69) is 24.9 Å². The minimum atomic E-state index is -0.980. The number of hydrogen-bond donors (Lipinski definition) is 1. The van der Waals surface area contributed by atoms with Crippen LogP contribution in [0.2, 0.25) is 0 Å². The molecule has 0 bridgehead atoms. The van der Waals surface area contributed by atoms with Crippen molar-refractivity contribution in [2.24, 2.45) is 5.41 Å². The normalized spacial score (nSPS) is 22.9. The van der Waals surface area contributed by atoms with Gasteiger partial charge in [-0.3, -0.25) is 0 Å². The first-order valence-electron chi connectivity index (χ1n) is 9.54. The van der Waals surface area contributed by atoms with Gasteiger partial charge in [-0.1, -0.05) is 19.9 Å². The van der Waals surface area contributed by atoms with E-state index < -0.39 is 5.60 Å². The summed E-state index contributed by atoms with van der Waals surface area (Å²) in [5.74, 6) is 1.76. The molecule has 6 heteroatoms. The van der Waals surface area contributed by atoms with Gasteiger partial charge in [-0.15, -0.1) is 0 Å². The molecule has 1 N–H and O–H groups in total. The smallest absolute Gasteiger partial charge is 0.203 e. The van der Waals surface area contributed by atoms with Gasteiger partial charge < -0.3 is 23.9 Å². The van der Waals surface area contributed by atoms with Crippen LogP contribution in [0.1, 0.15) is 38.7 Å². The number of methoxy groups -OCH3 is 3. The van der Waals surface area contributed by atoms with Crippen LogP contribution in [0.5, 0.6) is 17.2 Å². The number of aliphatic hydroxyl groups is 1. The molecule has 1 atom stereocenters. The summed E-state index contributed by atoms with van der Waals surface area (Å²) in [6.45, 7) is 4.73. The van der Waals surface area contributed by atoms with Gasteiger partial charge in [0, 0.05) is 12.4 Å². The van der Waals surface area contributed by atoms with Crippen LogP contribution < -0.4 is 14.2 Å². The predicted octanol–water partition coefficient (Wildman–Crippen LogP) is 3.93. The van der Waals surface area contributed by atoms with Crippen LogP contribution in [0.3, 0.4) is 0 Å². The van der Waals surface area contributed by atoms with Crippen molar-refractivity contribution in [1.29, 1.82) is 0 Å². The van der Waals surface area contributed by atoms with Crippen molar-refractivity contribution < 1.29 is 19.3 Å². The fourth-order valence-corrected chi connectivity index (χ4v) is 4.11. The van der Waals surface area contributed by atoms with Crippen LogP contribution in [0.25, 0.3) is 6.08 Å². The second kappa shape index (κ2) is 7.87. The highest BCUT2D eigenvalue weighted by atomic mass is 16.5. The van der Waals surface area contributed by atoms with Crippen molar-refractivity contribution in [2.45, 2.75) is 45.3 Å². The van der Waals surface area contributed by atoms with Gasteiger partial charge >= 0.3 is 0 Å². The molecule has 0 spiro atoms. The molecule has 6 nitrogen and oxygen atoms in total. The summed E-state index contributed by atoms with van der Waals surface area (Å²) in [5, 5.41) is 11.8. The Morgan fingerprint density at radius 1 is 1.14 bits per heavy atom. The lowest BCUT2D eigenvalue weighted by Gasteiger charge is -2.48. The zero-order chi connectivity index (χ0) is 20.4. The Morgan fingerprint density at radius 3 is 2.36 bits per heavy atom. The molecule has 2 aromatic rings. The van der Waals surface area contributed by atoms with Crippen molar-refractivity contribution in [3.63, 3.8) is 0 Å². The predicted molar refractivity (Wildman–Crippen MR) is 109 cm³/mol. The lowest BCUT2D eigenvalue weighted by atomic mass is 9.62. The van der Waals surface area contributed by atoms with Crippen molar-refractivity contribution in [2.75, 3.05) is 21.3 Å². The van der Waals surface area contributed by atoms with Crippen LogP contribution in [-0.4, -0.2) is 41.6 Å². The van der Waals surface area contributed by atoms with Crippen molar-refractivity contribution in [3.8, 4) is 17.2 Å². The highest BCUT2D eigenvalue weighted by Crippen LogP contribution is 2.49. The third kappa shape index (κ3) is 3.61. The standard InChI is InChI=1S/C22H30N2O4/c1-21(2)8-6-7-17(22(21,25)14-24-10-9-23-15-24)11-16-12-18(26-3)20(28-5)19(13-16)27-4/h9-13,15,25H,6-8,14H2,1-5H3/b17-11+/t22-/m1/s1. The Hall–Kier alpha value is -2.47. The molecule has 1 aromatic heterocycles. The molecule has 1 saturated carbocycles. The van der Waals surface area contributed by atoms with Gasteiger partial charge in [0.05, 0.1) is 34.2 Å². The molecule has 0 radical (unpaired) electrons. The largest absolute Gasteiger partial charge is 0.493 e. The third-order valence-electron chi connectivity index (χ3n) is 5.90. The maximum atomic E-state index is 11.8. The number of nitrogens with zero attached hydrogens (tertiary/aromatic N) is 2. The van der Waals surface area contributed by atoms with E-state index >= 15 is 0 Å². The highest BCUT2D eigenvalue weighted by Gasteiger charge is 2.48. The van der Waals surface area contributed by atoms with E-state index in [1.807, 2.05) is 22.9 Å². The lowest BCUT2D eigenvalue weighted by Crippen LogP contribution is -2.51. The summed E-state index contributed by atoms with van der Waals surface area (Å²) in [6, 6.07) is 3.82. The SMILES string of the molecule is COc1cc(/C=C2\CCCC(C)(C)[C@@]2(O)Cn2ccnc2)cc(OC)c1OC. The van der Waals surface area contributed by atoms with Crippen LogP contribution in [-0.2, 0) is 6.54 Å². The molecule has 1 aliphatic rings. The number of rotatable bonds is 6. The average Bonchev–Trinajstić information content (AvgIpc) is 3.17. The molecule has 0 aliphatic heterocycles. The molecule has 0 amide bonds. The van der Waals surface area contributed by atoms with E-state index in [1.165, 1.54) is 0 Å². The van der Waals surface area contributed by atoms with Crippen molar-refractivity contribution in [3.05, 3.63) is 42.0 Å². The van der Waals surface area contributed by atoms with Crippen LogP contribution in [0.15, 0.2) is 36.4 Å². The maximum Gasteiger partial charge on any atom is 0.203 e. The Labute approximate surface area is 166 Å². The number of benzene rings is 1. The monoisotopic (exact) mass is 386 g/mol. The van der Waals surface area contributed by atoms with Gasteiger partial charge in [0.15, 0.2) is 11.5 Å². The molecule has 3 rings (SSSR count). The number of imidazole rings is 1. The quantitative estimate of drug-likeness (QED) is 0.815. The fraction of sp³-hybridized carbons (Fsp3) is 0.500. The topological polar surface area (TPSA) is 65.7 Å². The minimum absolute atomic E-state index is 0.262. The summed E-state index contributed by atoms with van der Waals surface area (Å²) >= 11 is 0. The Balaban J connectivity index is 2.07. The van der Waals surface area contributed by atoms with Crippen molar-refractivity contribution >= 4 is 6.08 Å². The molecule has 0 saturated heterocycles. The van der Waals surface area contributed by atoms with Gasteiger partial charge in [-0.25, -0.2) is 4.98 Å². The summed E-state index contributed by atoms with van der Waals surface area (Å²) in [5.41, 5.74) is 0.673. The number of aromatic nitrogens is 2. The van der Waals surface area contributed by atoms with Gasteiger partial charge in [-0.05, 0) is 47.9 Å². The van der Waals surface area contributed by atoms with Gasteiger partial charge in [0.25, 0.3) is 0 Å². The molecule has 28 heavy (non-hydrogen) atoms. The zero-order valence-corrected chi connectivity index (χ0v) is 17.4. The molecule has 1 heterocycles. The highest BCUT2D eigenvalue weighted by molar-refractivity contribution is 5.64. The minimum Gasteiger partial charge on any atom is -0.493 e. The Kier molecular flexibility index (Phi) is 5.70. The Bertz CT molecular complexity index is 817. The van der Waals surface area contributed by atoms with Crippen LogP contribution in [0.4, 0.5) is 0 Å². The van der Waals surface area contributed by atoms with Crippen LogP contribution in [0, 0.1) is 5.41 Å². The van der Waals surface area contributed by atoms with Crippen LogP contribution >= 0.6 is 0 Å².